The lowest BCUT2D eigenvalue weighted by Gasteiger charge is -2.35. The normalized spacial score (nSPS) is 19.3. The Kier molecular flexibility index (Phi) is 7.41. The van der Waals surface area contributed by atoms with Crippen LogP contribution >= 0.6 is 11.8 Å². The zero-order chi connectivity index (χ0) is 15.0. The van der Waals surface area contributed by atoms with Gasteiger partial charge in [-0.3, -0.25) is 9.59 Å². The number of hydrogen-bond acceptors (Lipinski definition) is 3. The average Bonchev–Trinajstić information content (AvgIpc) is 2.35. The first-order valence-corrected chi connectivity index (χ1v) is 8.72. The van der Waals surface area contributed by atoms with Gasteiger partial charge in [-0.1, -0.05) is 26.2 Å². The molecular weight excluding hydrogens is 274 g/mol. The van der Waals surface area contributed by atoms with E-state index in [0.717, 1.165) is 43.6 Å². The molecule has 0 heterocycles. The van der Waals surface area contributed by atoms with Gasteiger partial charge >= 0.3 is 5.97 Å². The summed E-state index contributed by atoms with van der Waals surface area (Å²) in [5, 5.41) is 12.1. The fourth-order valence-electron chi connectivity index (χ4n) is 3.04. The molecule has 0 aromatic carbocycles. The van der Waals surface area contributed by atoms with Gasteiger partial charge in [-0.25, -0.2) is 0 Å². The zero-order valence-electron chi connectivity index (χ0n) is 12.6. The maximum absolute atomic E-state index is 12.2. The van der Waals surface area contributed by atoms with Crippen LogP contribution in [0.2, 0.25) is 0 Å². The Morgan fingerprint density at radius 3 is 2.45 bits per heavy atom. The first kappa shape index (κ1) is 17.3. The minimum absolute atomic E-state index is 0.0114. The van der Waals surface area contributed by atoms with Crippen LogP contribution in [0.15, 0.2) is 0 Å². The largest absolute Gasteiger partial charge is 0.481 e. The highest BCUT2D eigenvalue weighted by atomic mass is 32.2. The predicted molar refractivity (Wildman–Crippen MR) is 83.0 cm³/mol. The van der Waals surface area contributed by atoms with Crippen molar-refractivity contribution in [2.75, 3.05) is 11.5 Å². The van der Waals surface area contributed by atoms with Crippen LogP contribution < -0.4 is 5.32 Å². The molecule has 0 aliphatic heterocycles. The Bertz CT molecular complexity index is 327. The molecule has 1 aliphatic rings. The van der Waals surface area contributed by atoms with Crippen molar-refractivity contribution in [1.29, 1.82) is 0 Å². The van der Waals surface area contributed by atoms with E-state index in [9.17, 15) is 9.59 Å². The molecule has 1 aliphatic carbocycles. The van der Waals surface area contributed by atoms with Gasteiger partial charge in [0.15, 0.2) is 0 Å². The summed E-state index contributed by atoms with van der Waals surface area (Å²) >= 11 is 1.81. The molecule has 0 saturated heterocycles. The average molecular weight is 301 g/mol. The monoisotopic (exact) mass is 301 g/mol. The van der Waals surface area contributed by atoms with Crippen LogP contribution in [0.3, 0.4) is 0 Å². The molecule has 0 aromatic rings. The van der Waals surface area contributed by atoms with Crippen LogP contribution in [0.1, 0.15) is 58.8 Å². The lowest BCUT2D eigenvalue weighted by atomic mass is 9.69. The minimum Gasteiger partial charge on any atom is -0.481 e. The summed E-state index contributed by atoms with van der Waals surface area (Å²) in [6, 6.07) is 0.151. The van der Waals surface area contributed by atoms with Crippen molar-refractivity contribution in [2.24, 2.45) is 5.41 Å². The van der Waals surface area contributed by atoms with Gasteiger partial charge in [0.25, 0.3) is 0 Å². The van der Waals surface area contributed by atoms with E-state index in [0.29, 0.717) is 6.42 Å². The number of aliphatic carboxylic acids is 1. The first-order chi connectivity index (χ1) is 9.47. The molecular formula is C15H27NO3S. The molecule has 0 radical (unpaired) electrons. The number of carbonyl (C=O) groups is 2. The Labute approximate surface area is 126 Å². The molecule has 0 aromatic heterocycles. The second-order valence-corrected chi connectivity index (χ2v) is 7.25. The van der Waals surface area contributed by atoms with Gasteiger partial charge in [-0.15, -0.1) is 0 Å². The molecule has 5 heteroatoms. The van der Waals surface area contributed by atoms with Crippen LogP contribution in [0, 0.1) is 5.41 Å². The number of rotatable bonds is 8. The quantitative estimate of drug-likeness (QED) is 0.723. The molecule has 1 atom stereocenters. The summed E-state index contributed by atoms with van der Waals surface area (Å²) in [6.45, 7) is 4.11. The van der Waals surface area contributed by atoms with E-state index < -0.39 is 5.97 Å². The molecule has 1 fully saturated rings. The lowest BCUT2D eigenvalue weighted by molar-refractivity contribution is -0.141. The van der Waals surface area contributed by atoms with Gasteiger partial charge in [0, 0.05) is 18.2 Å². The standard InChI is InChI=1S/C15H27NO3S/c1-3-20-11-12(2)16-13(17)9-15(10-14(18)19)7-5-4-6-8-15/h12H,3-11H2,1-2H3,(H,16,17)(H,18,19). The Morgan fingerprint density at radius 2 is 1.90 bits per heavy atom. The second-order valence-electron chi connectivity index (χ2n) is 5.94. The Balaban J connectivity index is 2.51. The molecule has 1 rings (SSSR count). The summed E-state index contributed by atoms with van der Waals surface area (Å²) in [5.41, 5.74) is -0.314. The van der Waals surface area contributed by atoms with Gasteiger partial charge in [-0.05, 0) is 30.9 Å². The third kappa shape index (κ3) is 6.16. The van der Waals surface area contributed by atoms with Crippen LogP contribution in [0.4, 0.5) is 0 Å². The van der Waals surface area contributed by atoms with Crippen molar-refractivity contribution in [2.45, 2.75) is 64.8 Å². The second kappa shape index (κ2) is 8.55. The van der Waals surface area contributed by atoms with E-state index in [2.05, 4.69) is 12.2 Å². The number of thioether (sulfide) groups is 1. The Hall–Kier alpha value is -0.710. The van der Waals surface area contributed by atoms with Gasteiger partial charge in [0.1, 0.15) is 0 Å². The molecule has 4 nitrogen and oxygen atoms in total. The third-order valence-corrected chi connectivity index (χ3v) is 5.10. The number of carbonyl (C=O) groups excluding carboxylic acids is 1. The van der Waals surface area contributed by atoms with E-state index >= 15 is 0 Å². The SMILES string of the molecule is CCSCC(C)NC(=O)CC1(CC(=O)O)CCCCC1. The number of hydrogen-bond donors (Lipinski definition) is 2. The predicted octanol–water partition coefficient (Wildman–Crippen LogP) is 3.06. The molecule has 0 spiro atoms. The Morgan fingerprint density at radius 1 is 1.25 bits per heavy atom. The van der Waals surface area contributed by atoms with Crippen molar-refractivity contribution in [1.82, 2.24) is 5.32 Å². The fourth-order valence-corrected chi connectivity index (χ4v) is 3.71. The van der Waals surface area contributed by atoms with Crippen molar-refractivity contribution < 1.29 is 14.7 Å². The van der Waals surface area contributed by atoms with Crippen molar-refractivity contribution in [3.8, 4) is 0 Å². The van der Waals surface area contributed by atoms with E-state index in [-0.39, 0.29) is 23.8 Å². The fraction of sp³-hybridized carbons (Fsp3) is 0.867. The number of carboxylic acid groups (broad SMARTS) is 1. The maximum Gasteiger partial charge on any atom is 0.303 e. The molecule has 0 bridgehead atoms. The molecule has 20 heavy (non-hydrogen) atoms. The van der Waals surface area contributed by atoms with E-state index in [1.54, 1.807) is 11.8 Å². The zero-order valence-corrected chi connectivity index (χ0v) is 13.4. The van der Waals surface area contributed by atoms with Gasteiger partial charge < -0.3 is 10.4 Å². The highest BCUT2D eigenvalue weighted by Gasteiger charge is 2.36. The van der Waals surface area contributed by atoms with E-state index in [4.69, 9.17) is 5.11 Å². The summed E-state index contributed by atoms with van der Waals surface area (Å²) in [5.74, 6) is 1.18. The van der Waals surface area contributed by atoms with Crippen LogP contribution in [0.25, 0.3) is 0 Å². The third-order valence-electron chi connectivity index (χ3n) is 3.96. The maximum atomic E-state index is 12.2. The van der Waals surface area contributed by atoms with E-state index in [1.165, 1.54) is 0 Å². The van der Waals surface area contributed by atoms with Crippen LogP contribution in [-0.2, 0) is 9.59 Å². The van der Waals surface area contributed by atoms with Crippen molar-refractivity contribution >= 4 is 23.6 Å². The van der Waals surface area contributed by atoms with Crippen LogP contribution in [-0.4, -0.2) is 34.5 Å². The molecule has 1 amide bonds. The van der Waals surface area contributed by atoms with Gasteiger partial charge in [0.05, 0.1) is 6.42 Å². The summed E-state index contributed by atoms with van der Waals surface area (Å²) in [6.07, 6.45) is 5.46. The summed E-state index contributed by atoms with van der Waals surface area (Å²) in [4.78, 5) is 23.2. The van der Waals surface area contributed by atoms with Gasteiger partial charge in [-0.2, -0.15) is 11.8 Å². The smallest absolute Gasteiger partial charge is 0.303 e. The molecule has 116 valence electrons. The summed E-state index contributed by atoms with van der Waals surface area (Å²) in [7, 11) is 0. The highest BCUT2D eigenvalue weighted by molar-refractivity contribution is 7.99. The first-order valence-electron chi connectivity index (χ1n) is 7.56. The van der Waals surface area contributed by atoms with Crippen molar-refractivity contribution in [3.63, 3.8) is 0 Å². The van der Waals surface area contributed by atoms with Crippen molar-refractivity contribution in [3.05, 3.63) is 0 Å². The van der Waals surface area contributed by atoms with E-state index in [1.807, 2.05) is 6.92 Å². The van der Waals surface area contributed by atoms with Gasteiger partial charge in [0.2, 0.25) is 5.91 Å². The molecule has 1 unspecified atom stereocenters. The molecule has 2 N–H and O–H groups in total. The van der Waals surface area contributed by atoms with Crippen LogP contribution in [0.5, 0.6) is 0 Å². The molecule has 1 saturated carbocycles. The number of carboxylic acids is 1. The topological polar surface area (TPSA) is 66.4 Å². The lowest BCUT2D eigenvalue weighted by Crippen LogP contribution is -2.39. The number of nitrogens with one attached hydrogen (secondary N) is 1. The summed E-state index contributed by atoms with van der Waals surface area (Å²) < 4.78 is 0. The number of amides is 1. The highest BCUT2D eigenvalue weighted by Crippen LogP contribution is 2.42. The minimum atomic E-state index is -0.783.